The van der Waals surface area contributed by atoms with Gasteiger partial charge in [0.2, 0.25) is 0 Å². The predicted molar refractivity (Wildman–Crippen MR) is 165 cm³/mol. The van der Waals surface area contributed by atoms with Gasteiger partial charge in [0.25, 0.3) is 0 Å². The Balaban J connectivity index is 1.06. The summed E-state index contributed by atoms with van der Waals surface area (Å²) in [6.45, 7) is 8.28. The zero-order valence-electron chi connectivity index (χ0n) is 24.4. The molecule has 2 atom stereocenters. The van der Waals surface area contributed by atoms with E-state index in [0.717, 1.165) is 79.5 Å². The summed E-state index contributed by atoms with van der Waals surface area (Å²) in [4.78, 5) is 21.2. The van der Waals surface area contributed by atoms with Crippen LogP contribution in [0.15, 0.2) is 42.5 Å². The normalized spacial score (nSPS) is 22.4. The second-order valence-electron chi connectivity index (χ2n) is 12.0. The molecular weight excluding hydrogens is 589 g/mol. The highest BCUT2D eigenvalue weighted by molar-refractivity contribution is 7.20. The van der Waals surface area contributed by atoms with Gasteiger partial charge in [0.1, 0.15) is 32.7 Å². The maximum absolute atomic E-state index is 14.9. The largest absolute Gasteiger partial charge is 0.482 e. The number of carbonyl (C=O) groups excluding carboxylic acids is 1. The fourth-order valence-electron chi connectivity index (χ4n) is 6.71. The molecule has 43 heavy (non-hydrogen) atoms. The Labute approximate surface area is 259 Å². The number of nitrogens with zero attached hydrogens (tertiary/aromatic N) is 3. The number of benzene rings is 2. The average molecular weight is 624 g/mol. The molecule has 0 spiro atoms. The van der Waals surface area contributed by atoms with Crippen LogP contribution in [-0.2, 0) is 34.6 Å². The first kappa shape index (κ1) is 28.8. The van der Waals surface area contributed by atoms with Crippen molar-refractivity contribution in [3.8, 4) is 5.75 Å². The Bertz CT molecular complexity index is 1680. The third kappa shape index (κ3) is 5.45. The Morgan fingerprint density at radius 2 is 2.02 bits per heavy atom. The zero-order chi connectivity index (χ0) is 29.7. The van der Waals surface area contributed by atoms with Crippen molar-refractivity contribution in [3.63, 3.8) is 0 Å². The molecule has 3 aliphatic rings. The van der Waals surface area contributed by atoms with Crippen LogP contribution in [0, 0.1) is 5.82 Å². The molecular formula is C33H35ClFN3O4S. The van der Waals surface area contributed by atoms with Crippen LogP contribution in [0.3, 0.4) is 0 Å². The van der Waals surface area contributed by atoms with Gasteiger partial charge in [-0.05, 0) is 81.4 Å². The quantitative estimate of drug-likeness (QED) is 0.195. The van der Waals surface area contributed by atoms with E-state index in [4.69, 9.17) is 30.8 Å². The zero-order valence-corrected chi connectivity index (χ0v) is 26.0. The molecule has 10 heteroatoms. The lowest BCUT2D eigenvalue weighted by molar-refractivity contribution is -0.0592. The van der Waals surface area contributed by atoms with Crippen LogP contribution < -0.4 is 4.74 Å². The van der Waals surface area contributed by atoms with E-state index in [1.807, 2.05) is 19.9 Å². The molecule has 2 aromatic heterocycles. The maximum Gasteiger partial charge on any atom is 0.348 e. The standard InChI is InChI=1S/C33H35ClFN3O4S/c1-3-40-32(39)28-16-27-31(43-28)36-29(38(27)18-23-11-14-41-23)19-37-12-9-20(10-13-37)24-6-4-5-21-17-33(2,42-30(21)24)25-8-7-22(34)15-26(25)35/h4-8,15-16,20,23H,3,9-14,17-19H2,1-2H3/t23-,33-/m0/s1. The van der Waals surface area contributed by atoms with Gasteiger partial charge in [0.15, 0.2) is 0 Å². The van der Waals surface area contributed by atoms with Crippen molar-refractivity contribution in [2.75, 3.05) is 26.3 Å². The first-order valence-electron chi connectivity index (χ1n) is 15.1. The van der Waals surface area contributed by atoms with Crippen molar-refractivity contribution in [3.05, 3.63) is 80.7 Å². The van der Waals surface area contributed by atoms with E-state index >= 15 is 0 Å². The number of piperidine rings is 1. The highest BCUT2D eigenvalue weighted by Crippen LogP contribution is 2.47. The van der Waals surface area contributed by atoms with Crippen molar-refractivity contribution >= 4 is 39.3 Å². The Kier molecular flexibility index (Phi) is 7.70. The lowest BCUT2D eigenvalue weighted by Crippen LogP contribution is -2.35. The molecule has 7 nitrogen and oxygen atoms in total. The summed E-state index contributed by atoms with van der Waals surface area (Å²) < 4.78 is 34.7. The number of ether oxygens (including phenoxy) is 3. The Morgan fingerprint density at radius 1 is 1.21 bits per heavy atom. The molecule has 5 heterocycles. The smallest absolute Gasteiger partial charge is 0.348 e. The molecule has 3 aliphatic heterocycles. The van der Waals surface area contributed by atoms with Crippen molar-refractivity contribution in [2.24, 2.45) is 0 Å². The number of halogens is 2. The Morgan fingerprint density at radius 3 is 2.74 bits per heavy atom. The van der Waals surface area contributed by atoms with E-state index in [1.54, 1.807) is 12.1 Å². The lowest BCUT2D eigenvalue weighted by Gasteiger charge is -2.33. The molecule has 0 amide bonds. The van der Waals surface area contributed by atoms with Gasteiger partial charge >= 0.3 is 5.97 Å². The second-order valence-corrected chi connectivity index (χ2v) is 13.4. The number of thiophene rings is 1. The highest BCUT2D eigenvalue weighted by Gasteiger charge is 2.41. The highest BCUT2D eigenvalue weighted by atomic mass is 35.5. The monoisotopic (exact) mass is 623 g/mol. The summed E-state index contributed by atoms with van der Waals surface area (Å²) in [5.41, 5.74) is 3.08. The number of hydrogen-bond acceptors (Lipinski definition) is 7. The number of para-hydroxylation sites is 1. The number of imidazole rings is 1. The second kappa shape index (κ2) is 11.5. The molecule has 4 aromatic rings. The first-order valence-corrected chi connectivity index (χ1v) is 16.3. The van der Waals surface area contributed by atoms with Crippen LogP contribution in [-0.4, -0.2) is 52.8 Å². The van der Waals surface area contributed by atoms with E-state index < -0.39 is 5.60 Å². The van der Waals surface area contributed by atoms with Crippen molar-refractivity contribution in [1.82, 2.24) is 14.5 Å². The third-order valence-electron chi connectivity index (χ3n) is 9.06. The first-order chi connectivity index (χ1) is 20.8. The number of carbonyl (C=O) groups is 1. The van der Waals surface area contributed by atoms with Crippen LogP contribution in [0.1, 0.15) is 71.2 Å². The SMILES string of the molecule is CCOC(=O)c1cc2c(nc(CN3CCC(c4cccc5c4O[C@](C)(c4ccc(Cl)cc4F)C5)CC3)n2C[C@@H]2CCO2)s1. The number of fused-ring (bicyclic) bond motifs is 2. The average Bonchev–Trinajstić information content (AvgIpc) is 3.62. The fraction of sp³-hybridized carbons (Fsp3) is 0.455. The van der Waals surface area contributed by atoms with Crippen LogP contribution in [0.25, 0.3) is 10.3 Å². The van der Waals surface area contributed by atoms with Gasteiger partial charge in [-0.15, -0.1) is 11.3 Å². The van der Waals surface area contributed by atoms with Crippen LogP contribution in [0.4, 0.5) is 4.39 Å². The number of hydrogen-bond donors (Lipinski definition) is 0. The molecule has 0 N–H and O–H groups in total. The third-order valence-corrected chi connectivity index (χ3v) is 10.3. The molecule has 7 rings (SSSR count). The molecule has 2 aromatic carbocycles. The van der Waals surface area contributed by atoms with Crippen molar-refractivity contribution in [2.45, 2.75) is 70.2 Å². The maximum atomic E-state index is 14.9. The summed E-state index contributed by atoms with van der Waals surface area (Å²) in [7, 11) is 0. The van der Waals surface area contributed by atoms with E-state index in [2.05, 4.69) is 27.7 Å². The van der Waals surface area contributed by atoms with Gasteiger partial charge in [-0.3, -0.25) is 4.90 Å². The number of esters is 1. The van der Waals surface area contributed by atoms with E-state index in [9.17, 15) is 9.18 Å². The molecule has 2 saturated heterocycles. The van der Waals surface area contributed by atoms with Gasteiger partial charge in [0, 0.05) is 23.6 Å². The van der Waals surface area contributed by atoms with Gasteiger partial charge in [-0.2, -0.15) is 0 Å². The van der Waals surface area contributed by atoms with E-state index in [0.29, 0.717) is 34.4 Å². The number of likely N-dealkylation sites (tertiary alicyclic amines) is 1. The summed E-state index contributed by atoms with van der Waals surface area (Å²) in [5, 5.41) is 0.382. The van der Waals surface area contributed by atoms with Crippen LogP contribution in [0.2, 0.25) is 5.02 Å². The summed E-state index contributed by atoms with van der Waals surface area (Å²) in [5.74, 6) is 1.65. The fourth-order valence-corrected chi connectivity index (χ4v) is 7.81. The number of aromatic nitrogens is 2. The molecule has 0 aliphatic carbocycles. The minimum atomic E-state index is -0.769. The topological polar surface area (TPSA) is 65.8 Å². The number of rotatable bonds is 8. The summed E-state index contributed by atoms with van der Waals surface area (Å²) in [6.07, 6.45) is 3.84. The van der Waals surface area contributed by atoms with Gasteiger partial charge in [0.05, 0.1) is 31.3 Å². The Hall–Kier alpha value is -2.98. The minimum absolute atomic E-state index is 0.181. The van der Waals surface area contributed by atoms with Gasteiger partial charge < -0.3 is 18.8 Å². The summed E-state index contributed by atoms with van der Waals surface area (Å²) in [6, 6.07) is 13.1. The molecule has 0 saturated carbocycles. The molecule has 226 valence electrons. The van der Waals surface area contributed by atoms with E-state index in [-0.39, 0.29) is 17.9 Å². The minimum Gasteiger partial charge on any atom is -0.482 e. The molecule has 0 unspecified atom stereocenters. The lowest BCUT2D eigenvalue weighted by atomic mass is 9.86. The van der Waals surface area contributed by atoms with E-state index in [1.165, 1.54) is 23.0 Å². The molecule has 2 fully saturated rings. The molecule has 0 bridgehead atoms. The van der Waals surface area contributed by atoms with Crippen molar-refractivity contribution in [1.29, 1.82) is 0 Å². The van der Waals surface area contributed by atoms with Crippen LogP contribution in [0.5, 0.6) is 5.75 Å². The van der Waals surface area contributed by atoms with Crippen molar-refractivity contribution < 1.29 is 23.4 Å². The van der Waals surface area contributed by atoms with Gasteiger partial charge in [-0.1, -0.05) is 35.9 Å². The predicted octanol–water partition coefficient (Wildman–Crippen LogP) is 7.09. The molecule has 0 radical (unpaired) electrons. The van der Waals surface area contributed by atoms with Gasteiger partial charge in [-0.25, -0.2) is 14.2 Å². The summed E-state index contributed by atoms with van der Waals surface area (Å²) >= 11 is 7.41. The van der Waals surface area contributed by atoms with Crippen LogP contribution >= 0.6 is 22.9 Å².